The summed E-state index contributed by atoms with van der Waals surface area (Å²) < 4.78 is 55.1. The number of nitriles is 1. The maximum Gasteiger partial charge on any atom is 0.355 e. The number of nitrogens with one attached hydrogen (secondary N) is 1. The van der Waals surface area contributed by atoms with E-state index in [1.54, 1.807) is 22.9 Å². The summed E-state index contributed by atoms with van der Waals surface area (Å²) in [7, 11) is -4.87. The van der Waals surface area contributed by atoms with Crippen LogP contribution in [0.4, 0.5) is 14.5 Å². The molecule has 132 valence electrons. The first-order chi connectivity index (χ1) is 11.8. The average Bonchev–Trinajstić information content (AvgIpc) is 2.57. The molecule has 2 aromatic carbocycles. The Morgan fingerprint density at radius 2 is 2.04 bits per heavy atom. The first-order valence-corrected chi connectivity index (χ1v) is 9.02. The monoisotopic (exact) mass is 432 g/mol. The molecule has 0 saturated carbocycles. The Hall–Kier alpha value is -2.22. The van der Waals surface area contributed by atoms with Crippen LogP contribution < -0.4 is 9.46 Å². The summed E-state index contributed by atoms with van der Waals surface area (Å²) in [5.74, 6) is -3.06. The number of benzene rings is 2. The quantitative estimate of drug-likeness (QED) is 0.726. The standard InChI is InChI=1S/C15H11BrF2N2O4S/c16-14-11(8-21)12(20-25(22,23)15(17)18)4-5-13(14)24-10-3-1-2-9(6-10)7-19/h1-6,15,20-21H,8H2. The topological polar surface area (TPSA) is 99.4 Å². The molecule has 0 amide bonds. The van der Waals surface area contributed by atoms with Gasteiger partial charge in [-0.2, -0.15) is 14.0 Å². The van der Waals surface area contributed by atoms with Crippen molar-refractivity contribution in [3.8, 4) is 17.6 Å². The first-order valence-electron chi connectivity index (χ1n) is 6.68. The van der Waals surface area contributed by atoms with Crippen LogP contribution in [0.1, 0.15) is 11.1 Å². The van der Waals surface area contributed by atoms with Gasteiger partial charge in [0.25, 0.3) is 10.0 Å². The van der Waals surface area contributed by atoms with Gasteiger partial charge in [0.2, 0.25) is 0 Å². The minimum Gasteiger partial charge on any atom is -0.456 e. The van der Waals surface area contributed by atoms with E-state index in [0.717, 1.165) is 0 Å². The van der Waals surface area contributed by atoms with Gasteiger partial charge in [-0.3, -0.25) is 4.72 Å². The predicted molar refractivity (Wildman–Crippen MR) is 89.8 cm³/mol. The molecule has 0 aliphatic carbocycles. The van der Waals surface area contributed by atoms with E-state index in [9.17, 15) is 22.3 Å². The van der Waals surface area contributed by atoms with Gasteiger partial charge in [0.15, 0.2) is 0 Å². The Morgan fingerprint density at radius 3 is 2.64 bits per heavy atom. The third-order valence-electron chi connectivity index (χ3n) is 3.04. The molecule has 6 nitrogen and oxygen atoms in total. The normalized spacial score (nSPS) is 11.2. The highest BCUT2D eigenvalue weighted by Gasteiger charge is 2.25. The second-order valence-electron chi connectivity index (χ2n) is 4.71. The van der Waals surface area contributed by atoms with Crippen LogP contribution in [0.5, 0.6) is 11.5 Å². The number of sulfonamides is 1. The number of halogens is 3. The van der Waals surface area contributed by atoms with Gasteiger partial charge >= 0.3 is 5.76 Å². The van der Waals surface area contributed by atoms with Crippen LogP contribution in [0.25, 0.3) is 0 Å². The third-order valence-corrected chi connectivity index (χ3v) is 4.89. The average molecular weight is 433 g/mol. The van der Waals surface area contributed by atoms with Crippen LogP contribution in [0.2, 0.25) is 0 Å². The Kier molecular flexibility index (Phi) is 5.94. The molecule has 0 aliphatic rings. The van der Waals surface area contributed by atoms with E-state index in [4.69, 9.17) is 10.00 Å². The predicted octanol–water partition coefficient (Wildman–Crippen LogP) is 3.57. The smallest absolute Gasteiger partial charge is 0.355 e. The molecule has 0 radical (unpaired) electrons. The maximum absolute atomic E-state index is 12.5. The molecule has 2 rings (SSSR count). The van der Waals surface area contributed by atoms with E-state index in [2.05, 4.69) is 15.9 Å². The zero-order chi connectivity index (χ0) is 18.6. The summed E-state index contributed by atoms with van der Waals surface area (Å²) in [6.07, 6.45) is 0. The van der Waals surface area contributed by atoms with E-state index in [1.165, 1.54) is 18.2 Å². The lowest BCUT2D eigenvalue weighted by atomic mass is 10.2. The lowest BCUT2D eigenvalue weighted by Gasteiger charge is -2.15. The van der Waals surface area contributed by atoms with Crippen LogP contribution in [0, 0.1) is 11.3 Å². The van der Waals surface area contributed by atoms with Gasteiger partial charge in [0, 0.05) is 5.56 Å². The fraction of sp³-hybridized carbons (Fsp3) is 0.133. The zero-order valence-corrected chi connectivity index (χ0v) is 14.8. The number of hydrogen-bond acceptors (Lipinski definition) is 5. The highest BCUT2D eigenvalue weighted by atomic mass is 79.9. The molecule has 0 atom stereocenters. The van der Waals surface area contributed by atoms with Gasteiger partial charge in [0.1, 0.15) is 11.5 Å². The molecule has 0 unspecified atom stereocenters. The number of ether oxygens (including phenoxy) is 1. The molecule has 2 aromatic rings. The van der Waals surface area contributed by atoms with Crippen molar-refractivity contribution < 1.29 is 27.0 Å². The maximum atomic E-state index is 12.5. The minimum atomic E-state index is -4.87. The second kappa shape index (κ2) is 7.77. The number of anilines is 1. The summed E-state index contributed by atoms with van der Waals surface area (Å²) in [5, 5.41) is 18.3. The molecule has 0 aliphatic heterocycles. The molecular weight excluding hydrogens is 422 g/mol. The molecule has 0 spiro atoms. The van der Waals surface area contributed by atoms with E-state index in [-0.39, 0.29) is 21.5 Å². The van der Waals surface area contributed by atoms with E-state index >= 15 is 0 Å². The van der Waals surface area contributed by atoms with Gasteiger partial charge in [-0.25, -0.2) is 8.42 Å². The van der Waals surface area contributed by atoms with E-state index in [0.29, 0.717) is 11.3 Å². The number of rotatable bonds is 6. The molecule has 0 heterocycles. The van der Waals surface area contributed by atoms with Crippen LogP contribution in [-0.4, -0.2) is 19.3 Å². The fourth-order valence-electron chi connectivity index (χ4n) is 1.88. The van der Waals surface area contributed by atoms with Crippen molar-refractivity contribution in [2.45, 2.75) is 12.4 Å². The van der Waals surface area contributed by atoms with Crippen molar-refractivity contribution in [2.75, 3.05) is 4.72 Å². The van der Waals surface area contributed by atoms with Crippen molar-refractivity contribution in [3.05, 3.63) is 52.0 Å². The Labute approximate surface area is 150 Å². The Bertz CT molecular complexity index is 930. The van der Waals surface area contributed by atoms with Crippen LogP contribution in [0.15, 0.2) is 40.9 Å². The number of aliphatic hydroxyl groups excluding tert-OH is 1. The molecule has 0 aromatic heterocycles. The Morgan fingerprint density at radius 1 is 1.32 bits per heavy atom. The van der Waals surface area contributed by atoms with Crippen molar-refractivity contribution in [1.82, 2.24) is 0 Å². The number of nitrogens with zero attached hydrogens (tertiary/aromatic N) is 1. The molecule has 2 N–H and O–H groups in total. The van der Waals surface area contributed by atoms with Crippen molar-refractivity contribution in [3.63, 3.8) is 0 Å². The van der Waals surface area contributed by atoms with Gasteiger partial charge in [-0.1, -0.05) is 6.07 Å². The van der Waals surface area contributed by atoms with Gasteiger partial charge in [0.05, 0.1) is 28.4 Å². The van der Waals surface area contributed by atoms with Gasteiger partial charge in [-0.05, 0) is 46.3 Å². The van der Waals surface area contributed by atoms with Crippen LogP contribution >= 0.6 is 15.9 Å². The highest BCUT2D eigenvalue weighted by molar-refractivity contribution is 9.10. The Balaban J connectivity index is 2.38. The van der Waals surface area contributed by atoms with Crippen LogP contribution in [-0.2, 0) is 16.6 Å². The lowest BCUT2D eigenvalue weighted by Crippen LogP contribution is -2.21. The first kappa shape index (κ1) is 19.1. The summed E-state index contributed by atoms with van der Waals surface area (Å²) in [6, 6.07) is 10.8. The SMILES string of the molecule is N#Cc1cccc(Oc2ccc(NS(=O)(=O)C(F)F)c(CO)c2Br)c1. The zero-order valence-electron chi connectivity index (χ0n) is 12.4. The summed E-state index contributed by atoms with van der Waals surface area (Å²) >= 11 is 3.16. The van der Waals surface area contributed by atoms with Crippen molar-refractivity contribution in [1.29, 1.82) is 5.26 Å². The van der Waals surface area contributed by atoms with E-state index in [1.807, 2.05) is 6.07 Å². The molecule has 0 fully saturated rings. The molecular formula is C15H11BrF2N2O4S. The fourth-order valence-corrected chi connectivity index (χ4v) is 3.02. The number of hydrogen-bond donors (Lipinski definition) is 2. The van der Waals surface area contributed by atoms with Gasteiger partial charge < -0.3 is 9.84 Å². The lowest BCUT2D eigenvalue weighted by molar-refractivity contribution is 0.236. The molecule has 0 saturated heterocycles. The summed E-state index contributed by atoms with van der Waals surface area (Å²) in [5.41, 5.74) is 0.197. The third kappa shape index (κ3) is 4.45. The molecule has 25 heavy (non-hydrogen) atoms. The second-order valence-corrected chi connectivity index (χ2v) is 7.15. The largest absolute Gasteiger partial charge is 0.456 e. The summed E-state index contributed by atoms with van der Waals surface area (Å²) in [4.78, 5) is 0. The van der Waals surface area contributed by atoms with Crippen LogP contribution in [0.3, 0.4) is 0 Å². The molecule has 10 heteroatoms. The van der Waals surface area contributed by atoms with Crippen molar-refractivity contribution >= 4 is 31.6 Å². The number of aliphatic hydroxyl groups is 1. The highest BCUT2D eigenvalue weighted by Crippen LogP contribution is 2.37. The minimum absolute atomic E-state index is 0.0261. The molecule has 0 bridgehead atoms. The summed E-state index contributed by atoms with van der Waals surface area (Å²) in [6.45, 7) is -0.628. The van der Waals surface area contributed by atoms with Crippen molar-refractivity contribution in [2.24, 2.45) is 0 Å². The number of alkyl halides is 2. The van der Waals surface area contributed by atoms with E-state index < -0.39 is 22.4 Å². The van der Waals surface area contributed by atoms with Gasteiger partial charge in [-0.15, -0.1) is 0 Å².